The van der Waals surface area contributed by atoms with Crippen LogP contribution in [0.1, 0.15) is 25.7 Å². The van der Waals surface area contributed by atoms with Gasteiger partial charge in [0.1, 0.15) is 0 Å². The average molecular weight is 173 g/mol. The van der Waals surface area contributed by atoms with Crippen molar-refractivity contribution in [2.75, 3.05) is 13.2 Å². The summed E-state index contributed by atoms with van der Waals surface area (Å²) in [5, 5.41) is 0. The summed E-state index contributed by atoms with van der Waals surface area (Å²) >= 11 is 4.05. The number of ether oxygens (including phenoxy) is 1. The highest BCUT2D eigenvalue weighted by molar-refractivity contribution is 7.78. The number of hydrogen-bond acceptors (Lipinski definition) is 3. The predicted molar refractivity (Wildman–Crippen MR) is 47.6 cm³/mol. The van der Waals surface area contributed by atoms with Gasteiger partial charge >= 0.3 is 0 Å². The standard InChI is InChI=1S/C8H15NOS/c11-9-5-8-3-1-7(2-4-8)10-6-8/h7,9,11H,1-6H2. The smallest absolute Gasteiger partial charge is 0.0575 e. The maximum atomic E-state index is 5.66. The summed E-state index contributed by atoms with van der Waals surface area (Å²) in [6.07, 6.45) is 5.75. The zero-order chi connectivity index (χ0) is 7.73. The Morgan fingerprint density at radius 1 is 1.45 bits per heavy atom. The van der Waals surface area contributed by atoms with Crippen LogP contribution < -0.4 is 4.72 Å². The van der Waals surface area contributed by atoms with E-state index in [-0.39, 0.29) is 0 Å². The van der Waals surface area contributed by atoms with Crippen LogP contribution in [0.5, 0.6) is 0 Å². The molecule has 2 saturated heterocycles. The molecule has 0 amide bonds. The molecule has 2 nitrogen and oxygen atoms in total. The molecule has 3 aliphatic rings. The van der Waals surface area contributed by atoms with Crippen LogP contribution in [0, 0.1) is 5.41 Å². The zero-order valence-electron chi connectivity index (χ0n) is 6.68. The SMILES string of the molecule is SNCC12CCC(CC1)OC2. The lowest BCUT2D eigenvalue weighted by atomic mass is 9.71. The molecule has 0 atom stereocenters. The Balaban J connectivity index is 2.00. The fourth-order valence-corrected chi connectivity index (χ4v) is 2.54. The average Bonchev–Trinajstić information content (AvgIpc) is 2.07. The topological polar surface area (TPSA) is 21.3 Å². The minimum absolute atomic E-state index is 0.427. The molecule has 3 fully saturated rings. The van der Waals surface area contributed by atoms with Crippen molar-refractivity contribution in [1.82, 2.24) is 4.72 Å². The Labute approximate surface area is 73.2 Å². The molecule has 1 aliphatic carbocycles. The van der Waals surface area contributed by atoms with Crippen molar-refractivity contribution in [3.05, 3.63) is 0 Å². The molecular formula is C8H15NOS. The molecule has 0 aromatic carbocycles. The van der Waals surface area contributed by atoms with Gasteiger partial charge in [-0.05, 0) is 25.7 Å². The van der Waals surface area contributed by atoms with Gasteiger partial charge in [0.2, 0.25) is 0 Å². The van der Waals surface area contributed by atoms with Crippen LogP contribution in [0.15, 0.2) is 0 Å². The number of nitrogens with one attached hydrogen (secondary N) is 1. The maximum Gasteiger partial charge on any atom is 0.0575 e. The Hall–Kier alpha value is 0.270. The first-order valence-corrected chi connectivity index (χ1v) is 4.78. The molecule has 1 saturated carbocycles. The van der Waals surface area contributed by atoms with Gasteiger partial charge < -0.3 is 4.74 Å². The molecule has 2 aliphatic heterocycles. The fraction of sp³-hybridized carbons (Fsp3) is 1.00. The molecule has 0 radical (unpaired) electrons. The van der Waals surface area contributed by atoms with Gasteiger partial charge in [0.15, 0.2) is 0 Å². The summed E-state index contributed by atoms with van der Waals surface area (Å²) in [5.74, 6) is 0. The Bertz CT molecular complexity index is 123. The number of fused-ring (bicyclic) bond motifs is 3. The van der Waals surface area contributed by atoms with Gasteiger partial charge in [-0.25, -0.2) is 0 Å². The van der Waals surface area contributed by atoms with Crippen molar-refractivity contribution in [3.8, 4) is 0 Å². The minimum atomic E-state index is 0.427. The summed E-state index contributed by atoms with van der Waals surface area (Å²) in [6, 6.07) is 0. The van der Waals surface area contributed by atoms with E-state index in [9.17, 15) is 0 Å². The van der Waals surface area contributed by atoms with Crippen LogP contribution in [0.2, 0.25) is 0 Å². The van der Waals surface area contributed by atoms with Gasteiger partial charge in [-0.15, -0.1) is 0 Å². The van der Waals surface area contributed by atoms with Gasteiger partial charge in [-0.2, -0.15) is 0 Å². The summed E-state index contributed by atoms with van der Waals surface area (Å²) in [7, 11) is 0. The van der Waals surface area contributed by atoms with Gasteiger partial charge in [-0.1, -0.05) is 12.8 Å². The fourth-order valence-electron chi connectivity index (χ4n) is 2.20. The van der Waals surface area contributed by atoms with Crippen LogP contribution >= 0.6 is 12.8 Å². The van der Waals surface area contributed by atoms with Gasteiger partial charge in [0, 0.05) is 12.0 Å². The second kappa shape index (κ2) is 2.96. The lowest BCUT2D eigenvalue weighted by molar-refractivity contribution is -0.111. The molecule has 3 rings (SSSR count). The van der Waals surface area contributed by atoms with Crippen LogP contribution in [0.4, 0.5) is 0 Å². The third kappa shape index (κ3) is 1.42. The molecule has 0 aromatic rings. The van der Waals surface area contributed by atoms with Gasteiger partial charge in [0.05, 0.1) is 12.7 Å². The van der Waals surface area contributed by atoms with Crippen molar-refractivity contribution in [2.24, 2.45) is 5.41 Å². The number of rotatable bonds is 2. The zero-order valence-corrected chi connectivity index (χ0v) is 7.57. The lowest BCUT2D eigenvalue weighted by Gasteiger charge is -2.46. The van der Waals surface area contributed by atoms with E-state index in [1.165, 1.54) is 25.7 Å². The normalized spacial score (nSPS) is 42.8. The highest BCUT2D eigenvalue weighted by atomic mass is 32.1. The summed E-state index contributed by atoms with van der Waals surface area (Å²) < 4.78 is 8.63. The third-order valence-corrected chi connectivity index (χ3v) is 3.23. The van der Waals surface area contributed by atoms with Crippen LogP contribution in [-0.2, 0) is 4.74 Å². The second-order valence-electron chi connectivity index (χ2n) is 3.85. The van der Waals surface area contributed by atoms with Crippen molar-refractivity contribution in [3.63, 3.8) is 0 Å². The monoisotopic (exact) mass is 173 g/mol. The predicted octanol–water partition coefficient (Wildman–Crippen LogP) is 1.38. The van der Waals surface area contributed by atoms with E-state index in [0.717, 1.165) is 13.2 Å². The Morgan fingerprint density at radius 3 is 2.64 bits per heavy atom. The molecule has 11 heavy (non-hydrogen) atoms. The first-order valence-electron chi connectivity index (χ1n) is 4.33. The van der Waals surface area contributed by atoms with E-state index in [1.54, 1.807) is 0 Å². The molecule has 3 heteroatoms. The van der Waals surface area contributed by atoms with E-state index < -0.39 is 0 Å². The highest BCUT2D eigenvalue weighted by Crippen LogP contribution is 2.42. The first kappa shape index (κ1) is 7.90. The molecule has 0 aromatic heterocycles. The van der Waals surface area contributed by atoms with E-state index in [1.807, 2.05) is 0 Å². The molecule has 2 heterocycles. The molecule has 64 valence electrons. The highest BCUT2D eigenvalue weighted by Gasteiger charge is 2.40. The minimum Gasteiger partial charge on any atom is -0.378 e. The van der Waals surface area contributed by atoms with Crippen molar-refractivity contribution >= 4 is 12.8 Å². The number of thiol groups is 1. The van der Waals surface area contributed by atoms with E-state index in [0.29, 0.717) is 11.5 Å². The van der Waals surface area contributed by atoms with E-state index >= 15 is 0 Å². The van der Waals surface area contributed by atoms with Crippen LogP contribution in [0.25, 0.3) is 0 Å². The van der Waals surface area contributed by atoms with Crippen molar-refractivity contribution < 1.29 is 4.74 Å². The van der Waals surface area contributed by atoms with E-state index in [4.69, 9.17) is 4.74 Å². The second-order valence-corrected chi connectivity index (χ2v) is 4.16. The maximum absolute atomic E-state index is 5.66. The molecule has 0 unspecified atom stereocenters. The Kier molecular flexibility index (Phi) is 2.12. The third-order valence-electron chi connectivity index (χ3n) is 3.07. The summed E-state index contributed by atoms with van der Waals surface area (Å²) in [5.41, 5.74) is 0.427. The van der Waals surface area contributed by atoms with Gasteiger partial charge in [-0.3, -0.25) is 4.72 Å². The largest absolute Gasteiger partial charge is 0.378 e. The summed E-state index contributed by atoms with van der Waals surface area (Å²) in [4.78, 5) is 0. The van der Waals surface area contributed by atoms with Crippen LogP contribution in [-0.4, -0.2) is 19.3 Å². The molecular weight excluding hydrogens is 158 g/mol. The van der Waals surface area contributed by atoms with Crippen molar-refractivity contribution in [2.45, 2.75) is 31.8 Å². The number of hydrogen-bond donors (Lipinski definition) is 2. The van der Waals surface area contributed by atoms with E-state index in [2.05, 4.69) is 17.5 Å². The molecule has 0 spiro atoms. The first-order chi connectivity index (χ1) is 5.35. The lowest BCUT2D eigenvalue weighted by Crippen LogP contribution is -2.46. The van der Waals surface area contributed by atoms with Crippen molar-refractivity contribution in [1.29, 1.82) is 0 Å². The Morgan fingerprint density at radius 2 is 2.18 bits per heavy atom. The summed E-state index contributed by atoms with van der Waals surface area (Å²) in [6.45, 7) is 1.95. The quantitative estimate of drug-likeness (QED) is 0.616. The van der Waals surface area contributed by atoms with Gasteiger partial charge in [0.25, 0.3) is 0 Å². The van der Waals surface area contributed by atoms with Crippen LogP contribution in [0.3, 0.4) is 0 Å². The molecule has 1 N–H and O–H groups in total. The molecule has 2 bridgehead atoms.